The van der Waals surface area contributed by atoms with Crippen molar-refractivity contribution >= 4 is 51.7 Å². The number of benzene rings is 5. The van der Waals surface area contributed by atoms with Crippen molar-refractivity contribution in [2.75, 3.05) is 0 Å². The molecule has 0 aliphatic heterocycles. The smallest absolute Gasteiger partial charge is 0.0537 e. The normalized spacial score (nSPS) is 20.0. The highest BCUT2D eigenvalue weighted by atomic mass is 15.0. The zero-order valence-electron chi connectivity index (χ0n) is 34.0. The third-order valence-electron chi connectivity index (χ3n) is 14.9. The van der Waals surface area contributed by atoms with Gasteiger partial charge in [-0.05, 0) is 160 Å². The van der Waals surface area contributed by atoms with Crippen molar-refractivity contribution in [1.29, 1.82) is 0 Å². The Morgan fingerprint density at radius 2 is 1.31 bits per heavy atom. The molecule has 0 radical (unpaired) electrons. The van der Waals surface area contributed by atoms with Crippen LogP contribution in [0.3, 0.4) is 0 Å². The summed E-state index contributed by atoms with van der Waals surface area (Å²) in [7, 11) is 0. The monoisotopic (exact) mass is 758 g/mol. The van der Waals surface area contributed by atoms with Gasteiger partial charge in [-0.3, -0.25) is 0 Å². The molecule has 284 valence electrons. The van der Waals surface area contributed by atoms with Gasteiger partial charge in [0, 0.05) is 44.9 Å². The van der Waals surface area contributed by atoms with Crippen molar-refractivity contribution in [2.45, 2.75) is 58.3 Å². The highest BCUT2D eigenvalue weighted by Gasteiger charge is 2.44. The molecule has 59 heavy (non-hydrogen) atoms. The summed E-state index contributed by atoms with van der Waals surface area (Å²) in [4.78, 5) is 0. The lowest BCUT2D eigenvalue weighted by molar-refractivity contribution is 0.401. The first-order valence-corrected chi connectivity index (χ1v) is 21.8. The zero-order chi connectivity index (χ0) is 39.1. The molecule has 2 atom stereocenters. The van der Waals surface area contributed by atoms with E-state index in [0.29, 0.717) is 11.8 Å². The number of hydrogen-bond acceptors (Lipinski definition) is 0. The quantitative estimate of drug-likeness (QED) is 0.169. The minimum absolute atomic E-state index is 0.108. The second-order valence-electron chi connectivity index (χ2n) is 18.3. The van der Waals surface area contributed by atoms with Crippen molar-refractivity contribution in [2.24, 2.45) is 11.8 Å². The SMILES string of the molecule is Cc1c(/C=C/C2=CC=C3c4ccc(-n5c6c(c7ccccc75)CCC=C6)cc4C=C4CC2C43)ccc2c1C(C)(C)c1cc(-n3c4c(c5ccccc53)CCC=C4)ccc1-2. The van der Waals surface area contributed by atoms with Crippen LogP contribution in [0.5, 0.6) is 0 Å². The van der Waals surface area contributed by atoms with E-state index < -0.39 is 0 Å². The van der Waals surface area contributed by atoms with E-state index in [0.717, 1.165) is 32.1 Å². The third-order valence-corrected chi connectivity index (χ3v) is 14.9. The number of aromatic nitrogens is 2. The molecule has 6 aliphatic carbocycles. The van der Waals surface area contributed by atoms with Crippen molar-refractivity contribution in [3.05, 3.63) is 194 Å². The van der Waals surface area contributed by atoms with Crippen molar-refractivity contribution in [1.82, 2.24) is 9.13 Å². The molecule has 5 aromatic carbocycles. The molecule has 2 heteroatoms. The fraction of sp³-hybridized carbons (Fsp3) is 0.193. The lowest BCUT2D eigenvalue weighted by atomic mass is 9.57. The highest BCUT2D eigenvalue weighted by Crippen LogP contribution is 2.58. The van der Waals surface area contributed by atoms with Gasteiger partial charge in [-0.15, -0.1) is 0 Å². The van der Waals surface area contributed by atoms with E-state index in [1.807, 2.05) is 0 Å². The van der Waals surface area contributed by atoms with Crippen LogP contribution in [0.4, 0.5) is 0 Å². The molecule has 7 aromatic rings. The van der Waals surface area contributed by atoms with Gasteiger partial charge in [0.15, 0.2) is 0 Å². The van der Waals surface area contributed by atoms with Crippen LogP contribution in [-0.2, 0) is 18.3 Å². The van der Waals surface area contributed by atoms with Crippen LogP contribution in [-0.4, -0.2) is 9.13 Å². The third kappa shape index (κ3) is 4.58. The van der Waals surface area contributed by atoms with E-state index >= 15 is 0 Å². The fourth-order valence-electron chi connectivity index (χ4n) is 12.2. The standard InChI is InChI=1S/C57H46N2/c1-34-35(22-27-48-42-29-25-40(33-50(42)57(2,3)56(34)48)59-53-18-10-6-14-45(53)46-15-7-11-19-54(46)59)20-21-36-23-26-47-41-28-24-39(31-37(41)30-38-32-49(36)55(38)47)58-51-16-8-4-12-43(51)44-13-5-9-17-52(44)58/h4,6,8-12,14,16-31,33,49,55H,5,7,13,15,32H2,1-3H3/b21-20+. The molecule has 0 spiro atoms. The molecule has 0 bridgehead atoms. The molecule has 1 fully saturated rings. The fourth-order valence-corrected chi connectivity index (χ4v) is 12.2. The van der Waals surface area contributed by atoms with Gasteiger partial charge in [0.25, 0.3) is 0 Å². The second-order valence-corrected chi connectivity index (χ2v) is 18.3. The molecule has 13 rings (SSSR count). The average Bonchev–Trinajstić information content (AvgIpc) is 3.86. The van der Waals surface area contributed by atoms with Crippen LogP contribution in [0.25, 0.3) is 74.2 Å². The minimum Gasteiger partial charge on any atom is -0.310 e. The number of hydrogen-bond donors (Lipinski definition) is 0. The number of allylic oxidation sites excluding steroid dienone is 8. The van der Waals surface area contributed by atoms with Crippen molar-refractivity contribution < 1.29 is 0 Å². The maximum atomic E-state index is 2.51. The molecule has 1 saturated carbocycles. The Morgan fingerprint density at radius 3 is 2.02 bits per heavy atom. The minimum atomic E-state index is -0.108. The molecule has 0 amide bonds. The lowest BCUT2D eigenvalue weighted by Gasteiger charge is -2.47. The summed E-state index contributed by atoms with van der Waals surface area (Å²) in [5.74, 6) is 1.03. The van der Waals surface area contributed by atoms with E-state index in [-0.39, 0.29) is 5.41 Å². The Balaban J connectivity index is 0.821. The van der Waals surface area contributed by atoms with Gasteiger partial charge in [0.1, 0.15) is 0 Å². The Hall–Kier alpha value is -6.38. The van der Waals surface area contributed by atoms with Gasteiger partial charge in [-0.1, -0.05) is 123 Å². The number of nitrogens with zero attached hydrogens (tertiary/aromatic N) is 2. The van der Waals surface area contributed by atoms with Crippen LogP contribution in [0.15, 0.2) is 139 Å². The van der Waals surface area contributed by atoms with Crippen molar-refractivity contribution in [3.63, 3.8) is 0 Å². The molecule has 2 aromatic heterocycles. The summed E-state index contributed by atoms with van der Waals surface area (Å²) in [6.45, 7) is 7.21. The summed E-state index contributed by atoms with van der Waals surface area (Å²) in [6, 6.07) is 37.0. The molecule has 2 unspecified atom stereocenters. The largest absolute Gasteiger partial charge is 0.310 e. The van der Waals surface area contributed by atoms with E-state index in [1.165, 1.54) is 111 Å². The molecule has 2 nitrogen and oxygen atoms in total. The Labute approximate surface area is 346 Å². The molecule has 2 heterocycles. The topological polar surface area (TPSA) is 9.86 Å². The maximum absolute atomic E-state index is 2.51. The van der Waals surface area contributed by atoms with Gasteiger partial charge in [-0.25, -0.2) is 0 Å². The predicted molar refractivity (Wildman–Crippen MR) is 248 cm³/mol. The average molecular weight is 759 g/mol. The van der Waals surface area contributed by atoms with E-state index in [2.05, 4.69) is 182 Å². The molecular formula is C57H46N2. The van der Waals surface area contributed by atoms with Gasteiger partial charge >= 0.3 is 0 Å². The van der Waals surface area contributed by atoms with Crippen LogP contribution in [0.1, 0.15) is 89.0 Å². The van der Waals surface area contributed by atoms with Gasteiger partial charge < -0.3 is 9.13 Å². The van der Waals surface area contributed by atoms with E-state index in [9.17, 15) is 0 Å². The van der Waals surface area contributed by atoms with Crippen LogP contribution in [0.2, 0.25) is 0 Å². The van der Waals surface area contributed by atoms with Crippen LogP contribution in [0, 0.1) is 18.8 Å². The summed E-state index contributed by atoms with van der Waals surface area (Å²) in [5.41, 5.74) is 26.3. The molecule has 6 aliphatic rings. The summed E-state index contributed by atoms with van der Waals surface area (Å²) < 4.78 is 4.98. The predicted octanol–water partition coefficient (Wildman–Crippen LogP) is 14.2. The zero-order valence-corrected chi connectivity index (χ0v) is 34.0. The van der Waals surface area contributed by atoms with Gasteiger partial charge in [0.2, 0.25) is 0 Å². The van der Waals surface area contributed by atoms with Crippen LogP contribution >= 0.6 is 0 Å². The van der Waals surface area contributed by atoms with E-state index in [4.69, 9.17) is 0 Å². The molecule has 0 saturated heterocycles. The number of fused-ring (bicyclic) bond motifs is 11. The molecule has 0 N–H and O–H groups in total. The summed E-state index contributed by atoms with van der Waals surface area (Å²) in [5, 5.41) is 2.78. The van der Waals surface area contributed by atoms with Gasteiger partial charge in [-0.2, -0.15) is 0 Å². The highest BCUT2D eigenvalue weighted by molar-refractivity contribution is 5.94. The summed E-state index contributed by atoms with van der Waals surface area (Å²) in [6.07, 6.45) is 27.1. The van der Waals surface area contributed by atoms with E-state index in [1.54, 1.807) is 5.57 Å². The molecular weight excluding hydrogens is 713 g/mol. The first-order valence-electron chi connectivity index (χ1n) is 21.8. The van der Waals surface area contributed by atoms with Crippen molar-refractivity contribution in [3.8, 4) is 22.5 Å². The summed E-state index contributed by atoms with van der Waals surface area (Å²) >= 11 is 0. The number of para-hydroxylation sites is 2. The maximum Gasteiger partial charge on any atom is 0.0537 e. The Morgan fingerprint density at radius 1 is 0.661 bits per heavy atom. The first kappa shape index (κ1) is 33.6. The number of aryl methyl sites for hydroxylation is 2. The second kappa shape index (κ2) is 12.1. The number of rotatable bonds is 4. The van der Waals surface area contributed by atoms with Crippen LogP contribution < -0.4 is 0 Å². The Kier molecular flexibility index (Phi) is 6.88. The first-order chi connectivity index (χ1) is 28.9. The van der Waals surface area contributed by atoms with Gasteiger partial charge in [0.05, 0.1) is 11.0 Å². The lowest BCUT2D eigenvalue weighted by Crippen LogP contribution is -2.34. The Bertz CT molecular complexity index is 3230.